The van der Waals surface area contributed by atoms with Crippen LogP contribution in [0.2, 0.25) is 0 Å². The number of nitrogens with two attached hydrogens (primary N) is 1. The molecule has 21 heavy (non-hydrogen) atoms. The first-order valence-corrected chi connectivity index (χ1v) is 6.36. The number of anilines is 1. The molecule has 0 aromatic carbocycles. The molecule has 1 saturated heterocycles. The molecule has 1 fully saturated rings. The van der Waals surface area contributed by atoms with Crippen LogP contribution in [0.5, 0.6) is 5.88 Å². The molecule has 2 aromatic rings. The van der Waals surface area contributed by atoms with Crippen LogP contribution in [-0.4, -0.2) is 61.9 Å². The Hall–Kier alpha value is -1.94. The van der Waals surface area contributed by atoms with Crippen LogP contribution in [0.1, 0.15) is 6.23 Å². The lowest BCUT2D eigenvalue weighted by atomic mass is 10.1. The Bertz CT molecular complexity index is 660. The number of hydrogen-bond donors (Lipinski definition) is 4. The lowest BCUT2D eigenvalue weighted by Gasteiger charge is -2.19. The molecule has 1 aliphatic heterocycles. The maximum atomic E-state index is 10.1. The fourth-order valence-corrected chi connectivity index (χ4v) is 2.52. The number of ether oxygens (including phenoxy) is 2. The van der Waals surface area contributed by atoms with Gasteiger partial charge in [-0.1, -0.05) is 0 Å². The van der Waals surface area contributed by atoms with Crippen molar-refractivity contribution in [2.75, 3.05) is 19.5 Å². The summed E-state index contributed by atoms with van der Waals surface area (Å²) < 4.78 is 12.2. The third-order valence-electron chi connectivity index (χ3n) is 3.61. The van der Waals surface area contributed by atoms with E-state index in [2.05, 4.69) is 9.97 Å². The van der Waals surface area contributed by atoms with Gasteiger partial charge < -0.3 is 30.5 Å². The first kappa shape index (κ1) is 14.0. The van der Waals surface area contributed by atoms with Gasteiger partial charge in [0, 0.05) is 6.07 Å². The van der Waals surface area contributed by atoms with Crippen molar-refractivity contribution >= 4 is 16.9 Å². The Morgan fingerprint density at radius 3 is 2.76 bits per heavy atom. The van der Waals surface area contributed by atoms with Crippen molar-refractivity contribution < 1.29 is 24.8 Å². The number of fused-ring (bicyclic) bond motifs is 1. The first-order chi connectivity index (χ1) is 10.1. The minimum Gasteiger partial charge on any atom is -0.482 e. The maximum absolute atomic E-state index is 10.1. The minimum atomic E-state index is -1.23. The molecule has 0 amide bonds. The molecule has 0 bridgehead atoms. The largest absolute Gasteiger partial charge is 0.482 e. The number of rotatable bonds is 3. The Morgan fingerprint density at radius 2 is 2.14 bits per heavy atom. The number of nitrogen functional groups attached to an aromatic ring is 1. The average molecular weight is 296 g/mol. The summed E-state index contributed by atoms with van der Waals surface area (Å²) in [5.74, 6) is 0.621. The summed E-state index contributed by atoms with van der Waals surface area (Å²) in [6, 6.07) is 1.62. The maximum Gasteiger partial charge on any atom is 0.197 e. The Labute approximate surface area is 119 Å². The molecular formula is C12H16N4O5. The van der Waals surface area contributed by atoms with Gasteiger partial charge in [0.25, 0.3) is 0 Å². The smallest absolute Gasteiger partial charge is 0.197 e. The zero-order chi connectivity index (χ0) is 15.1. The number of hydrogen-bond acceptors (Lipinski definition) is 8. The molecule has 5 N–H and O–H groups in total. The fraction of sp³-hybridized carbons (Fsp3) is 0.500. The second kappa shape index (κ2) is 5.11. The van der Waals surface area contributed by atoms with E-state index in [0.29, 0.717) is 16.9 Å². The van der Waals surface area contributed by atoms with Crippen LogP contribution < -0.4 is 10.5 Å². The Kier molecular flexibility index (Phi) is 3.41. The predicted molar refractivity (Wildman–Crippen MR) is 71.5 cm³/mol. The van der Waals surface area contributed by atoms with Crippen LogP contribution >= 0.6 is 0 Å². The summed E-state index contributed by atoms with van der Waals surface area (Å²) >= 11 is 0. The van der Waals surface area contributed by atoms with Crippen molar-refractivity contribution in [1.29, 1.82) is 0 Å². The summed E-state index contributed by atoms with van der Waals surface area (Å²) in [5, 5.41) is 29.7. The van der Waals surface area contributed by atoms with Crippen molar-refractivity contribution in [3.8, 4) is 5.88 Å². The molecule has 9 nitrogen and oxygen atoms in total. The lowest BCUT2D eigenvalue weighted by molar-refractivity contribution is -0.0533. The standard InChI is InChI=1S/C12H16N4O5/c1-20-7-2-5-10(13)14-4-15-11(5)16(7)12-9(19)8(18)6(3-17)21-12/h2,4,6,8-9,12,17-19H,3H2,1H3,(H2,13,14,15)/t6-,8+,9?,12-/m1/s1. The molecule has 9 heteroatoms. The van der Waals surface area contributed by atoms with Crippen LogP contribution in [0.15, 0.2) is 12.4 Å². The fourth-order valence-electron chi connectivity index (χ4n) is 2.52. The molecule has 0 radical (unpaired) electrons. The quantitative estimate of drug-likeness (QED) is 0.545. The monoisotopic (exact) mass is 296 g/mol. The van der Waals surface area contributed by atoms with E-state index in [1.54, 1.807) is 6.07 Å². The van der Waals surface area contributed by atoms with Gasteiger partial charge in [-0.2, -0.15) is 0 Å². The molecule has 1 aliphatic rings. The summed E-state index contributed by atoms with van der Waals surface area (Å²) in [6.07, 6.45) is -2.98. The summed E-state index contributed by atoms with van der Waals surface area (Å²) in [5.41, 5.74) is 6.21. The van der Waals surface area contributed by atoms with E-state index < -0.39 is 31.1 Å². The van der Waals surface area contributed by atoms with Crippen molar-refractivity contribution in [2.45, 2.75) is 24.5 Å². The highest BCUT2D eigenvalue weighted by Gasteiger charge is 2.44. The summed E-state index contributed by atoms with van der Waals surface area (Å²) in [4.78, 5) is 8.01. The van der Waals surface area contributed by atoms with Gasteiger partial charge >= 0.3 is 0 Å². The van der Waals surface area contributed by atoms with Gasteiger partial charge in [-0.05, 0) is 0 Å². The van der Waals surface area contributed by atoms with Crippen LogP contribution in [0.3, 0.4) is 0 Å². The summed E-state index contributed by atoms with van der Waals surface area (Å²) in [7, 11) is 1.45. The predicted octanol–water partition coefficient (Wildman–Crippen LogP) is -1.37. The van der Waals surface area contributed by atoms with E-state index in [1.807, 2.05) is 0 Å². The van der Waals surface area contributed by atoms with Crippen LogP contribution in [0, 0.1) is 0 Å². The molecule has 0 spiro atoms. The molecule has 2 aromatic heterocycles. The average Bonchev–Trinajstić information content (AvgIpc) is 2.99. The van der Waals surface area contributed by atoms with Crippen LogP contribution in [-0.2, 0) is 4.74 Å². The topological polar surface area (TPSA) is 136 Å². The zero-order valence-electron chi connectivity index (χ0n) is 11.2. The molecule has 0 aliphatic carbocycles. The highest BCUT2D eigenvalue weighted by Crippen LogP contribution is 2.37. The lowest BCUT2D eigenvalue weighted by Crippen LogP contribution is -2.33. The molecule has 3 heterocycles. The van der Waals surface area contributed by atoms with Crippen molar-refractivity contribution in [3.63, 3.8) is 0 Å². The van der Waals surface area contributed by atoms with E-state index in [-0.39, 0.29) is 5.82 Å². The second-order valence-corrected chi connectivity index (χ2v) is 4.78. The molecule has 0 saturated carbocycles. The van der Waals surface area contributed by atoms with E-state index in [0.717, 1.165) is 0 Å². The third kappa shape index (κ3) is 2.02. The zero-order valence-corrected chi connectivity index (χ0v) is 11.2. The third-order valence-corrected chi connectivity index (χ3v) is 3.61. The molecule has 1 unspecified atom stereocenters. The Morgan fingerprint density at radius 1 is 1.38 bits per heavy atom. The number of aromatic nitrogens is 3. The molecule has 114 valence electrons. The Balaban J connectivity index is 2.14. The van der Waals surface area contributed by atoms with E-state index in [4.69, 9.17) is 15.2 Å². The van der Waals surface area contributed by atoms with Gasteiger partial charge in [0.2, 0.25) is 0 Å². The van der Waals surface area contributed by atoms with E-state index in [1.165, 1.54) is 18.0 Å². The minimum absolute atomic E-state index is 0.267. The summed E-state index contributed by atoms with van der Waals surface area (Å²) in [6.45, 7) is -0.409. The van der Waals surface area contributed by atoms with Gasteiger partial charge in [-0.15, -0.1) is 0 Å². The number of aliphatic hydroxyl groups is 3. The second-order valence-electron chi connectivity index (χ2n) is 4.78. The van der Waals surface area contributed by atoms with Gasteiger partial charge in [-0.3, -0.25) is 4.57 Å². The van der Waals surface area contributed by atoms with Crippen molar-refractivity contribution in [2.24, 2.45) is 0 Å². The SMILES string of the molecule is COc1cc2c(N)ncnc2n1[C@@H]1O[C@H](CO)[C@H](O)C1O. The van der Waals surface area contributed by atoms with E-state index >= 15 is 0 Å². The van der Waals surface area contributed by atoms with Crippen LogP contribution in [0.25, 0.3) is 11.0 Å². The normalized spacial score (nSPS) is 29.1. The molecule has 4 atom stereocenters. The van der Waals surface area contributed by atoms with Crippen LogP contribution in [0.4, 0.5) is 5.82 Å². The number of methoxy groups -OCH3 is 1. The number of aliphatic hydroxyl groups excluding tert-OH is 3. The van der Waals surface area contributed by atoms with Gasteiger partial charge in [-0.25, -0.2) is 9.97 Å². The highest BCUT2D eigenvalue weighted by atomic mass is 16.6. The van der Waals surface area contributed by atoms with Crippen molar-refractivity contribution in [1.82, 2.24) is 14.5 Å². The molecule has 3 rings (SSSR count). The molecular weight excluding hydrogens is 280 g/mol. The van der Waals surface area contributed by atoms with Gasteiger partial charge in [0.15, 0.2) is 17.8 Å². The van der Waals surface area contributed by atoms with Gasteiger partial charge in [0.1, 0.15) is 30.5 Å². The number of nitrogens with zero attached hydrogens (tertiary/aromatic N) is 3. The first-order valence-electron chi connectivity index (χ1n) is 6.36. The van der Waals surface area contributed by atoms with Crippen molar-refractivity contribution in [3.05, 3.63) is 12.4 Å². The van der Waals surface area contributed by atoms with E-state index in [9.17, 15) is 15.3 Å². The highest BCUT2D eigenvalue weighted by molar-refractivity contribution is 5.88. The van der Waals surface area contributed by atoms with Gasteiger partial charge in [0.05, 0.1) is 19.1 Å².